The number of aromatic nitrogens is 2. The fourth-order valence-corrected chi connectivity index (χ4v) is 5.65. The SMILES string of the molecule is CC.CC(C)SCCN.Cc1cc2n(c(=O)c1COC(=O)O)Cc1c-2nc2cc(F)c(C)c3c2c1CCC3. The molecule has 5 rings (SSSR count). The molecule has 0 bridgehead atoms. The molecule has 3 N–H and O–H groups in total. The van der Waals surface area contributed by atoms with Crippen molar-refractivity contribution in [2.75, 3.05) is 12.3 Å². The van der Waals surface area contributed by atoms with Crippen molar-refractivity contribution in [1.29, 1.82) is 0 Å². The Balaban J connectivity index is 0.000000389. The highest BCUT2D eigenvalue weighted by molar-refractivity contribution is 7.99. The Morgan fingerprint density at radius 3 is 2.50 bits per heavy atom. The number of ether oxygens (including phenoxy) is 1. The van der Waals surface area contributed by atoms with Crippen molar-refractivity contribution in [1.82, 2.24) is 9.55 Å². The molecule has 0 amide bonds. The lowest BCUT2D eigenvalue weighted by atomic mass is 9.85. The van der Waals surface area contributed by atoms with Gasteiger partial charge in [-0.15, -0.1) is 0 Å². The Morgan fingerprint density at radius 1 is 1.21 bits per heavy atom. The summed E-state index contributed by atoms with van der Waals surface area (Å²) in [6, 6.07) is 3.33. The summed E-state index contributed by atoms with van der Waals surface area (Å²) in [6.07, 6.45) is 1.22. The number of halogens is 1. The first-order valence-electron chi connectivity index (χ1n) is 13.2. The van der Waals surface area contributed by atoms with Crippen LogP contribution >= 0.6 is 11.8 Å². The number of hydrogen-bond acceptors (Lipinski definition) is 6. The number of benzene rings is 1. The van der Waals surface area contributed by atoms with Crippen LogP contribution in [0, 0.1) is 19.7 Å². The highest BCUT2D eigenvalue weighted by Gasteiger charge is 2.30. The number of hydrogen-bond donors (Lipinski definition) is 2. The minimum Gasteiger partial charge on any atom is -0.450 e. The van der Waals surface area contributed by atoms with E-state index >= 15 is 0 Å². The molecule has 0 radical (unpaired) electrons. The lowest BCUT2D eigenvalue weighted by Crippen LogP contribution is -2.25. The first kappa shape index (κ1) is 29.6. The van der Waals surface area contributed by atoms with Crippen molar-refractivity contribution in [3.05, 3.63) is 61.7 Å². The average Bonchev–Trinajstić information content (AvgIpc) is 3.26. The third-order valence-corrected chi connectivity index (χ3v) is 7.90. The maximum absolute atomic E-state index is 14.5. The second-order valence-corrected chi connectivity index (χ2v) is 11.2. The maximum atomic E-state index is 14.5. The van der Waals surface area contributed by atoms with Crippen molar-refractivity contribution in [3.63, 3.8) is 0 Å². The van der Waals surface area contributed by atoms with Crippen molar-refractivity contribution in [2.24, 2.45) is 5.73 Å². The molecule has 38 heavy (non-hydrogen) atoms. The highest BCUT2D eigenvalue weighted by Crippen LogP contribution is 2.41. The summed E-state index contributed by atoms with van der Waals surface area (Å²) >= 11 is 1.91. The van der Waals surface area contributed by atoms with E-state index in [1.807, 2.05) is 38.6 Å². The van der Waals surface area contributed by atoms with Gasteiger partial charge in [0.2, 0.25) is 0 Å². The fourth-order valence-electron chi connectivity index (χ4n) is 5.04. The number of pyridine rings is 2. The van der Waals surface area contributed by atoms with Gasteiger partial charge >= 0.3 is 6.16 Å². The molecule has 0 unspecified atom stereocenters. The summed E-state index contributed by atoms with van der Waals surface area (Å²) < 4.78 is 20.7. The summed E-state index contributed by atoms with van der Waals surface area (Å²) in [5, 5.41) is 10.5. The van der Waals surface area contributed by atoms with Gasteiger partial charge in [0.1, 0.15) is 12.4 Å². The zero-order valence-electron chi connectivity index (χ0n) is 23.1. The second kappa shape index (κ2) is 12.8. The summed E-state index contributed by atoms with van der Waals surface area (Å²) in [6.45, 7) is 12.8. The van der Waals surface area contributed by atoms with Crippen molar-refractivity contribution >= 4 is 28.8 Å². The minimum atomic E-state index is -1.42. The van der Waals surface area contributed by atoms with E-state index in [0.717, 1.165) is 64.6 Å². The summed E-state index contributed by atoms with van der Waals surface area (Å²) in [5.74, 6) is 0.845. The van der Waals surface area contributed by atoms with E-state index in [0.29, 0.717) is 34.4 Å². The fraction of sp³-hybridized carbons (Fsp3) is 0.483. The molecule has 7 nitrogen and oxygen atoms in total. The van der Waals surface area contributed by atoms with Gasteiger partial charge in [-0.3, -0.25) is 4.79 Å². The van der Waals surface area contributed by atoms with Crippen LogP contribution in [0.25, 0.3) is 22.3 Å². The van der Waals surface area contributed by atoms with Crippen molar-refractivity contribution < 1.29 is 19.0 Å². The summed E-state index contributed by atoms with van der Waals surface area (Å²) in [7, 11) is 0. The Kier molecular flexibility index (Phi) is 9.95. The molecule has 2 aliphatic rings. The van der Waals surface area contributed by atoms with Gasteiger partial charge in [0, 0.05) is 29.3 Å². The maximum Gasteiger partial charge on any atom is 0.506 e. The molecule has 0 fully saturated rings. The molecule has 3 heterocycles. The Hall–Kier alpha value is -2.91. The molecule has 0 saturated heterocycles. The van der Waals surface area contributed by atoms with E-state index in [-0.39, 0.29) is 18.0 Å². The van der Waals surface area contributed by atoms with Gasteiger partial charge in [-0.2, -0.15) is 11.8 Å². The van der Waals surface area contributed by atoms with E-state index in [4.69, 9.17) is 15.8 Å². The van der Waals surface area contributed by atoms with Crippen LogP contribution in [0.3, 0.4) is 0 Å². The van der Waals surface area contributed by atoms with Crippen molar-refractivity contribution in [3.8, 4) is 11.4 Å². The lowest BCUT2D eigenvalue weighted by Gasteiger charge is -2.21. The number of carboxylic acid groups (broad SMARTS) is 1. The van der Waals surface area contributed by atoms with Crippen LogP contribution in [0.2, 0.25) is 0 Å². The van der Waals surface area contributed by atoms with Crippen LogP contribution in [0.5, 0.6) is 0 Å². The molecule has 1 aliphatic heterocycles. The Labute approximate surface area is 227 Å². The van der Waals surface area contributed by atoms with Gasteiger partial charge in [0.15, 0.2) is 0 Å². The molecule has 9 heteroatoms. The van der Waals surface area contributed by atoms with Crippen LogP contribution in [-0.4, -0.2) is 38.4 Å². The number of thioether (sulfide) groups is 1. The van der Waals surface area contributed by atoms with E-state index in [1.165, 1.54) is 6.07 Å². The topological polar surface area (TPSA) is 107 Å². The zero-order valence-corrected chi connectivity index (χ0v) is 23.9. The van der Waals surface area contributed by atoms with Gasteiger partial charge < -0.3 is 20.1 Å². The smallest absolute Gasteiger partial charge is 0.450 e. The van der Waals surface area contributed by atoms with E-state index < -0.39 is 6.16 Å². The predicted octanol–water partition coefficient (Wildman–Crippen LogP) is 5.98. The van der Waals surface area contributed by atoms with Gasteiger partial charge in [-0.25, -0.2) is 14.2 Å². The van der Waals surface area contributed by atoms with E-state index in [1.54, 1.807) is 11.5 Å². The van der Waals surface area contributed by atoms with E-state index in [2.05, 4.69) is 18.6 Å². The summed E-state index contributed by atoms with van der Waals surface area (Å²) in [4.78, 5) is 28.6. The zero-order chi connectivity index (χ0) is 28.1. The van der Waals surface area contributed by atoms with Gasteiger partial charge in [0.25, 0.3) is 5.56 Å². The standard InChI is InChI=1S/C22H19FN2O4.C5H13NS.C2H6/c1-10-6-18-20-14(8-25(18)21(26)15(10)9-29-22(27)28)13-5-3-4-12-11(2)16(23)7-17(24-20)19(12)13;1-5(2)7-4-3-6;1-2/h6-7H,3-5,8-9H2,1-2H3,(H,27,28);5H,3-4,6H2,1-2H3;1-2H3. The minimum absolute atomic E-state index is 0.250. The van der Waals surface area contributed by atoms with E-state index in [9.17, 15) is 14.0 Å². The summed E-state index contributed by atoms with van der Waals surface area (Å²) in [5.41, 5.74) is 11.9. The molecule has 1 aliphatic carbocycles. The molecule has 0 saturated carbocycles. The van der Waals surface area contributed by atoms with Crippen LogP contribution in [0.15, 0.2) is 16.9 Å². The molecule has 206 valence electrons. The Bertz CT molecular complexity index is 1400. The van der Waals surface area contributed by atoms with Crippen molar-refractivity contribution in [2.45, 2.75) is 79.2 Å². The van der Waals surface area contributed by atoms with Gasteiger partial charge in [-0.05, 0) is 66.7 Å². The molecule has 1 aromatic carbocycles. The number of rotatable bonds is 5. The predicted molar refractivity (Wildman–Crippen MR) is 153 cm³/mol. The number of nitrogens with two attached hydrogens (primary N) is 1. The number of nitrogens with zero attached hydrogens (tertiary/aromatic N) is 2. The second-order valence-electron chi connectivity index (χ2n) is 9.47. The first-order valence-corrected chi connectivity index (χ1v) is 14.2. The number of carbonyl (C=O) groups is 1. The monoisotopic (exact) mass is 543 g/mol. The average molecular weight is 544 g/mol. The van der Waals surface area contributed by atoms with Crippen LogP contribution in [-0.2, 0) is 30.7 Å². The molecular formula is C29H38FN3O4S. The largest absolute Gasteiger partial charge is 0.506 e. The van der Waals surface area contributed by atoms with Crippen LogP contribution in [0.1, 0.15) is 67.5 Å². The number of aryl methyl sites for hydroxylation is 3. The van der Waals surface area contributed by atoms with Crippen LogP contribution in [0.4, 0.5) is 9.18 Å². The molecule has 0 atom stereocenters. The molecule has 3 aromatic rings. The quantitative estimate of drug-likeness (QED) is 0.298. The van der Waals surface area contributed by atoms with Gasteiger partial charge in [-0.1, -0.05) is 27.7 Å². The molecule has 2 aromatic heterocycles. The molecular weight excluding hydrogens is 505 g/mol. The normalized spacial score (nSPS) is 12.8. The van der Waals surface area contributed by atoms with Gasteiger partial charge in [0.05, 0.1) is 29.0 Å². The van der Waals surface area contributed by atoms with Crippen LogP contribution < -0.4 is 11.3 Å². The lowest BCUT2D eigenvalue weighted by molar-refractivity contribution is 0.0848. The third kappa shape index (κ3) is 5.89. The highest BCUT2D eigenvalue weighted by atomic mass is 32.2. The first-order chi connectivity index (χ1) is 18.1. The Morgan fingerprint density at radius 2 is 1.89 bits per heavy atom. The molecule has 0 spiro atoms. The number of fused-ring (bicyclic) bond motifs is 4. The third-order valence-electron chi connectivity index (χ3n) is 6.76.